The molecule has 4 rings (SSSR count). The van der Waals surface area contributed by atoms with Crippen molar-refractivity contribution < 1.29 is 9.53 Å². The third kappa shape index (κ3) is 3.70. The molecule has 1 aliphatic heterocycles. The Balaban J connectivity index is 1.64. The maximum Gasteiger partial charge on any atom is 0.330 e. The molecule has 0 N–H and O–H groups in total. The summed E-state index contributed by atoms with van der Waals surface area (Å²) in [5.74, 6) is -0.281. The first-order valence-corrected chi connectivity index (χ1v) is 9.49. The maximum absolute atomic E-state index is 13.1. The van der Waals surface area contributed by atoms with Gasteiger partial charge in [0.15, 0.2) is 0 Å². The summed E-state index contributed by atoms with van der Waals surface area (Å²) in [6.45, 7) is 0.282. The molecule has 1 heterocycles. The van der Waals surface area contributed by atoms with E-state index in [0.717, 1.165) is 22.3 Å². The fourth-order valence-electron chi connectivity index (χ4n) is 3.74. The molecule has 0 aromatic heterocycles. The van der Waals surface area contributed by atoms with E-state index in [4.69, 9.17) is 4.74 Å². The Morgan fingerprint density at radius 2 is 1.68 bits per heavy atom. The van der Waals surface area contributed by atoms with Crippen LogP contribution in [0.2, 0.25) is 0 Å². The summed E-state index contributed by atoms with van der Waals surface area (Å²) in [4.78, 5) is 15.0. The van der Waals surface area contributed by atoms with Crippen LogP contribution in [0.1, 0.15) is 11.1 Å². The van der Waals surface area contributed by atoms with Crippen molar-refractivity contribution in [3.05, 3.63) is 114 Å². The molecule has 0 bridgehead atoms. The molecule has 0 saturated heterocycles. The SMILES string of the molecule is CN1C=CC(c2ccccc2)=C2C=CC=CC2C1C(=O)OCc1ccccc1. The summed E-state index contributed by atoms with van der Waals surface area (Å²) >= 11 is 0. The number of benzene rings is 2. The maximum atomic E-state index is 13.1. The van der Waals surface area contributed by atoms with Crippen LogP contribution in [0.4, 0.5) is 0 Å². The van der Waals surface area contributed by atoms with Crippen molar-refractivity contribution in [2.75, 3.05) is 7.05 Å². The Hall–Kier alpha value is -3.33. The number of carbonyl (C=O) groups is 1. The fraction of sp³-hybridized carbons (Fsp3) is 0.160. The van der Waals surface area contributed by atoms with Gasteiger partial charge >= 0.3 is 5.97 Å². The Kier molecular flexibility index (Phi) is 5.24. The van der Waals surface area contributed by atoms with Gasteiger partial charge < -0.3 is 9.64 Å². The largest absolute Gasteiger partial charge is 0.459 e. The van der Waals surface area contributed by atoms with Crippen LogP contribution >= 0.6 is 0 Å². The number of esters is 1. The van der Waals surface area contributed by atoms with E-state index in [9.17, 15) is 4.79 Å². The molecule has 0 fully saturated rings. The van der Waals surface area contributed by atoms with Gasteiger partial charge in [-0.25, -0.2) is 4.79 Å². The van der Waals surface area contributed by atoms with E-state index in [1.54, 1.807) is 0 Å². The minimum atomic E-state index is -0.405. The summed E-state index contributed by atoms with van der Waals surface area (Å²) in [5.41, 5.74) is 4.40. The molecule has 2 aliphatic rings. The summed E-state index contributed by atoms with van der Waals surface area (Å²) in [6.07, 6.45) is 12.3. The highest BCUT2D eigenvalue weighted by Gasteiger charge is 2.35. The average molecular weight is 369 g/mol. The number of nitrogens with zero attached hydrogens (tertiary/aromatic N) is 1. The van der Waals surface area contributed by atoms with Crippen molar-refractivity contribution in [2.24, 2.45) is 5.92 Å². The van der Waals surface area contributed by atoms with E-state index in [1.807, 2.05) is 78.8 Å². The molecule has 2 atom stereocenters. The van der Waals surface area contributed by atoms with Gasteiger partial charge in [0.25, 0.3) is 0 Å². The number of hydrogen-bond donors (Lipinski definition) is 0. The van der Waals surface area contributed by atoms with E-state index in [-0.39, 0.29) is 18.5 Å². The molecule has 3 nitrogen and oxygen atoms in total. The summed E-state index contributed by atoms with van der Waals surface area (Å²) < 4.78 is 5.69. The molecule has 2 aromatic carbocycles. The molecule has 0 radical (unpaired) electrons. The number of allylic oxidation sites excluding steroid dienone is 5. The molecule has 28 heavy (non-hydrogen) atoms. The van der Waals surface area contributed by atoms with Crippen molar-refractivity contribution in [3.63, 3.8) is 0 Å². The lowest BCUT2D eigenvalue weighted by Gasteiger charge is -2.31. The quantitative estimate of drug-likeness (QED) is 0.728. The smallest absolute Gasteiger partial charge is 0.330 e. The van der Waals surface area contributed by atoms with Crippen LogP contribution < -0.4 is 0 Å². The van der Waals surface area contributed by atoms with E-state index in [0.29, 0.717) is 0 Å². The molecule has 2 unspecified atom stereocenters. The number of carbonyl (C=O) groups excluding carboxylic acids is 1. The van der Waals surface area contributed by atoms with Crippen LogP contribution in [-0.4, -0.2) is 24.0 Å². The van der Waals surface area contributed by atoms with Crippen LogP contribution in [0.3, 0.4) is 0 Å². The summed E-state index contributed by atoms with van der Waals surface area (Å²) in [6, 6.07) is 19.7. The molecular formula is C25H23NO2. The Bertz CT molecular complexity index is 955. The molecule has 140 valence electrons. The van der Waals surface area contributed by atoms with Gasteiger partial charge in [-0.1, -0.05) is 85.0 Å². The number of fused-ring (bicyclic) bond motifs is 1. The second kappa shape index (κ2) is 8.13. The van der Waals surface area contributed by atoms with Crippen LogP contribution in [-0.2, 0) is 16.1 Å². The lowest BCUT2D eigenvalue weighted by Crippen LogP contribution is -2.42. The molecule has 0 spiro atoms. The van der Waals surface area contributed by atoms with Crippen LogP contribution in [0.5, 0.6) is 0 Å². The lowest BCUT2D eigenvalue weighted by molar-refractivity contribution is -0.150. The third-order valence-corrected chi connectivity index (χ3v) is 5.18. The van der Waals surface area contributed by atoms with E-state index in [2.05, 4.69) is 30.4 Å². The van der Waals surface area contributed by atoms with Crippen LogP contribution in [0, 0.1) is 5.92 Å². The molecule has 0 amide bonds. The van der Waals surface area contributed by atoms with Gasteiger partial charge in [0.1, 0.15) is 12.6 Å². The molecule has 3 heteroatoms. The first-order chi connectivity index (χ1) is 13.7. The van der Waals surface area contributed by atoms with Gasteiger partial charge in [-0.3, -0.25) is 0 Å². The van der Waals surface area contributed by atoms with Gasteiger partial charge in [-0.15, -0.1) is 0 Å². The average Bonchev–Trinajstić information content (AvgIpc) is 2.89. The lowest BCUT2D eigenvalue weighted by atomic mass is 9.83. The molecule has 2 aromatic rings. The minimum Gasteiger partial charge on any atom is -0.459 e. The first kappa shape index (κ1) is 18.1. The van der Waals surface area contributed by atoms with E-state index < -0.39 is 6.04 Å². The van der Waals surface area contributed by atoms with Crippen molar-refractivity contribution in [1.82, 2.24) is 4.90 Å². The molecule has 1 aliphatic carbocycles. The number of hydrogen-bond acceptors (Lipinski definition) is 3. The second-order valence-electron chi connectivity index (χ2n) is 7.02. The van der Waals surface area contributed by atoms with E-state index >= 15 is 0 Å². The van der Waals surface area contributed by atoms with Crippen molar-refractivity contribution in [3.8, 4) is 0 Å². The fourth-order valence-corrected chi connectivity index (χ4v) is 3.74. The monoisotopic (exact) mass is 369 g/mol. The first-order valence-electron chi connectivity index (χ1n) is 9.49. The highest BCUT2D eigenvalue weighted by atomic mass is 16.5. The van der Waals surface area contributed by atoms with Gasteiger partial charge in [0.2, 0.25) is 0 Å². The van der Waals surface area contributed by atoms with Gasteiger partial charge in [0.05, 0.1) is 0 Å². The molecule has 0 saturated carbocycles. The second-order valence-corrected chi connectivity index (χ2v) is 7.02. The standard InChI is InChI=1S/C25H23NO2/c1-26-17-16-21(20-12-6-3-7-13-20)22-14-8-9-15-23(22)24(26)25(27)28-18-19-10-4-2-5-11-19/h2-17,23-24H,18H2,1H3. The zero-order valence-electron chi connectivity index (χ0n) is 15.9. The Morgan fingerprint density at radius 3 is 2.43 bits per heavy atom. The van der Waals surface area contributed by atoms with Gasteiger partial charge in [-0.2, -0.15) is 0 Å². The van der Waals surface area contributed by atoms with Crippen molar-refractivity contribution >= 4 is 11.5 Å². The normalized spacial score (nSPS) is 20.7. The van der Waals surface area contributed by atoms with Crippen LogP contribution in [0.25, 0.3) is 5.57 Å². The highest BCUT2D eigenvalue weighted by Crippen LogP contribution is 2.35. The third-order valence-electron chi connectivity index (χ3n) is 5.18. The zero-order chi connectivity index (χ0) is 19.3. The van der Waals surface area contributed by atoms with Gasteiger partial charge in [0, 0.05) is 19.2 Å². The predicted molar refractivity (Wildman–Crippen MR) is 112 cm³/mol. The summed E-state index contributed by atoms with van der Waals surface area (Å²) in [5, 5.41) is 0. The topological polar surface area (TPSA) is 29.5 Å². The van der Waals surface area contributed by atoms with Gasteiger partial charge in [-0.05, 0) is 28.3 Å². The Labute approximate surface area is 165 Å². The molecular weight excluding hydrogens is 346 g/mol. The minimum absolute atomic E-state index is 0.0662. The zero-order valence-corrected chi connectivity index (χ0v) is 15.9. The number of likely N-dealkylation sites (N-methyl/N-ethyl adjacent to an activating group) is 1. The number of ether oxygens (including phenoxy) is 1. The van der Waals surface area contributed by atoms with Crippen molar-refractivity contribution in [1.29, 1.82) is 0 Å². The highest BCUT2D eigenvalue weighted by molar-refractivity contribution is 5.84. The number of rotatable bonds is 4. The van der Waals surface area contributed by atoms with Crippen LogP contribution in [0.15, 0.2) is 103 Å². The summed E-state index contributed by atoms with van der Waals surface area (Å²) in [7, 11) is 1.93. The predicted octanol–water partition coefficient (Wildman–Crippen LogP) is 4.75. The Morgan fingerprint density at radius 1 is 0.964 bits per heavy atom. The van der Waals surface area contributed by atoms with Crippen molar-refractivity contribution in [2.45, 2.75) is 12.6 Å². The van der Waals surface area contributed by atoms with E-state index in [1.165, 1.54) is 0 Å².